The SMILES string of the molecule is CON=C(C(=O)OC)c1ccc(O)c([N+](=O)[O-])c1. The molecule has 0 atom stereocenters. The quantitative estimate of drug-likeness (QED) is 0.368. The Morgan fingerprint density at radius 1 is 1.44 bits per heavy atom. The van der Waals surface area contributed by atoms with Crippen LogP contribution in [0.4, 0.5) is 5.69 Å². The van der Waals surface area contributed by atoms with Crippen molar-refractivity contribution >= 4 is 17.4 Å². The number of nitro benzene ring substituents is 1. The normalized spacial score (nSPS) is 10.9. The van der Waals surface area contributed by atoms with Gasteiger partial charge in [0, 0.05) is 11.6 Å². The number of oxime groups is 1. The largest absolute Gasteiger partial charge is 0.502 e. The molecule has 0 amide bonds. The molecule has 0 aliphatic carbocycles. The summed E-state index contributed by atoms with van der Waals surface area (Å²) < 4.78 is 4.47. The topological polar surface area (TPSA) is 111 Å². The highest BCUT2D eigenvalue weighted by Gasteiger charge is 2.21. The number of methoxy groups -OCH3 is 1. The zero-order chi connectivity index (χ0) is 13.7. The second-order valence-corrected chi connectivity index (χ2v) is 3.07. The molecule has 0 unspecified atom stereocenters. The van der Waals surface area contributed by atoms with E-state index in [2.05, 4.69) is 14.7 Å². The Balaban J connectivity index is 3.30. The van der Waals surface area contributed by atoms with Crippen molar-refractivity contribution in [3.63, 3.8) is 0 Å². The lowest BCUT2D eigenvalue weighted by Crippen LogP contribution is -2.17. The average molecular weight is 254 g/mol. The summed E-state index contributed by atoms with van der Waals surface area (Å²) in [6.07, 6.45) is 0. The Kier molecular flexibility index (Phi) is 4.19. The number of nitro groups is 1. The maximum Gasteiger partial charge on any atom is 0.360 e. The predicted molar refractivity (Wildman–Crippen MR) is 60.3 cm³/mol. The van der Waals surface area contributed by atoms with Gasteiger partial charge < -0.3 is 14.7 Å². The maximum atomic E-state index is 11.4. The fourth-order valence-electron chi connectivity index (χ4n) is 1.21. The van der Waals surface area contributed by atoms with E-state index in [1.165, 1.54) is 13.2 Å². The number of carbonyl (C=O) groups excluding carboxylic acids is 1. The zero-order valence-corrected chi connectivity index (χ0v) is 9.61. The third-order valence-corrected chi connectivity index (χ3v) is 2.01. The van der Waals surface area contributed by atoms with Crippen LogP contribution in [0, 0.1) is 10.1 Å². The lowest BCUT2D eigenvalue weighted by Gasteiger charge is -2.04. The molecule has 1 rings (SSSR count). The molecule has 0 fully saturated rings. The monoisotopic (exact) mass is 254 g/mol. The van der Waals surface area contributed by atoms with E-state index in [1.807, 2.05) is 0 Å². The van der Waals surface area contributed by atoms with Crippen LogP contribution in [-0.4, -0.2) is 35.9 Å². The zero-order valence-electron chi connectivity index (χ0n) is 9.61. The van der Waals surface area contributed by atoms with Gasteiger partial charge in [-0.1, -0.05) is 5.16 Å². The number of aromatic hydroxyl groups is 1. The van der Waals surface area contributed by atoms with Crippen LogP contribution in [0.3, 0.4) is 0 Å². The van der Waals surface area contributed by atoms with Gasteiger partial charge in [0.05, 0.1) is 12.0 Å². The number of benzene rings is 1. The van der Waals surface area contributed by atoms with Gasteiger partial charge in [0.2, 0.25) is 0 Å². The molecule has 18 heavy (non-hydrogen) atoms. The molecule has 0 aliphatic rings. The van der Waals surface area contributed by atoms with Gasteiger partial charge in [0.15, 0.2) is 11.5 Å². The van der Waals surface area contributed by atoms with Crippen molar-refractivity contribution in [2.75, 3.05) is 14.2 Å². The molecular formula is C10H10N2O6. The molecule has 8 nitrogen and oxygen atoms in total. The second-order valence-electron chi connectivity index (χ2n) is 3.07. The minimum absolute atomic E-state index is 0.105. The highest BCUT2D eigenvalue weighted by Crippen LogP contribution is 2.26. The standard InChI is InChI=1S/C10H10N2O6/c1-17-10(14)9(11-18-2)6-3-4-8(13)7(5-6)12(15)16/h3-5,13H,1-2H3. The van der Waals surface area contributed by atoms with Crippen LogP contribution in [0.25, 0.3) is 0 Å². The summed E-state index contributed by atoms with van der Waals surface area (Å²) >= 11 is 0. The van der Waals surface area contributed by atoms with E-state index < -0.39 is 22.3 Å². The van der Waals surface area contributed by atoms with Crippen LogP contribution < -0.4 is 0 Å². The minimum atomic E-state index is -0.808. The predicted octanol–water partition coefficient (Wildman–Crippen LogP) is 0.824. The van der Waals surface area contributed by atoms with Crippen molar-refractivity contribution in [2.45, 2.75) is 0 Å². The van der Waals surface area contributed by atoms with E-state index in [0.717, 1.165) is 19.2 Å². The summed E-state index contributed by atoms with van der Waals surface area (Å²) in [6, 6.07) is 3.38. The van der Waals surface area contributed by atoms with Crippen LogP contribution in [0.2, 0.25) is 0 Å². The van der Waals surface area contributed by atoms with E-state index in [-0.39, 0.29) is 11.3 Å². The Morgan fingerprint density at radius 2 is 2.11 bits per heavy atom. The Hall–Kier alpha value is -2.64. The number of rotatable bonds is 4. The van der Waals surface area contributed by atoms with Crippen LogP contribution >= 0.6 is 0 Å². The van der Waals surface area contributed by atoms with E-state index in [9.17, 15) is 20.0 Å². The fourth-order valence-corrected chi connectivity index (χ4v) is 1.21. The van der Waals surface area contributed by atoms with E-state index in [1.54, 1.807) is 0 Å². The summed E-state index contributed by atoms with van der Waals surface area (Å²) in [6.45, 7) is 0. The van der Waals surface area contributed by atoms with E-state index in [4.69, 9.17) is 0 Å². The lowest BCUT2D eigenvalue weighted by molar-refractivity contribution is -0.385. The van der Waals surface area contributed by atoms with E-state index in [0.29, 0.717) is 0 Å². The third kappa shape index (κ3) is 2.73. The molecule has 0 saturated carbocycles. The van der Waals surface area contributed by atoms with Crippen molar-refractivity contribution in [1.29, 1.82) is 0 Å². The highest BCUT2D eigenvalue weighted by molar-refractivity contribution is 6.43. The first kappa shape index (κ1) is 13.4. The average Bonchev–Trinajstić information content (AvgIpc) is 2.35. The summed E-state index contributed by atoms with van der Waals surface area (Å²) in [5.74, 6) is -1.32. The van der Waals surface area contributed by atoms with Crippen LogP contribution in [-0.2, 0) is 14.4 Å². The van der Waals surface area contributed by atoms with Gasteiger partial charge in [-0.25, -0.2) is 4.79 Å². The number of hydrogen-bond donors (Lipinski definition) is 1. The number of carbonyl (C=O) groups is 1. The van der Waals surface area contributed by atoms with Crippen LogP contribution in [0.15, 0.2) is 23.4 Å². The van der Waals surface area contributed by atoms with Crippen molar-refractivity contribution in [1.82, 2.24) is 0 Å². The highest BCUT2D eigenvalue weighted by atomic mass is 16.6. The third-order valence-electron chi connectivity index (χ3n) is 2.01. The smallest absolute Gasteiger partial charge is 0.360 e. The lowest BCUT2D eigenvalue weighted by atomic mass is 10.1. The van der Waals surface area contributed by atoms with Gasteiger partial charge >= 0.3 is 11.7 Å². The van der Waals surface area contributed by atoms with Crippen LogP contribution in [0.1, 0.15) is 5.56 Å². The molecule has 1 aromatic carbocycles. The van der Waals surface area contributed by atoms with Crippen molar-refractivity contribution in [3.8, 4) is 5.75 Å². The van der Waals surface area contributed by atoms with E-state index >= 15 is 0 Å². The summed E-state index contributed by atoms with van der Waals surface area (Å²) in [7, 11) is 2.36. The molecular weight excluding hydrogens is 244 g/mol. The second kappa shape index (κ2) is 5.62. The molecule has 0 radical (unpaired) electrons. The molecule has 8 heteroatoms. The molecule has 0 saturated heterocycles. The van der Waals surface area contributed by atoms with Gasteiger partial charge in [0.25, 0.3) is 0 Å². The van der Waals surface area contributed by atoms with Gasteiger partial charge in [-0.15, -0.1) is 0 Å². The fraction of sp³-hybridized carbons (Fsp3) is 0.200. The van der Waals surface area contributed by atoms with Gasteiger partial charge in [-0.2, -0.15) is 0 Å². The number of esters is 1. The van der Waals surface area contributed by atoms with Crippen molar-refractivity contribution < 1.29 is 24.4 Å². The van der Waals surface area contributed by atoms with Crippen LogP contribution in [0.5, 0.6) is 5.75 Å². The summed E-state index contributed by atoms with van der Waals surface area (Å²) in [5.41, 5.74) is -0.670. The first-order valence-corrected chi connectivity index (χ1v) is 4.68. The number of ether oxygens (including phenoxy) is 1. The van der Waals surface area contributed by atoms with Gasteiger partial charge in [-0.05, 0) is 12.1 Å². The number of phenolic OH excluding ortho intramolecular Hbond substituents is 1. The first-order chi connectivity index (χ1) is 8.51. The Morgan fingerprint density at radius 3 is 2.61 bits per heavy atom. The van der Waals surface area contributed by atoms with Gasteiger partial charge in [0.1, 0.15) is 7.11 Å². The summed E-state index contributed by atoms with van der Waals surface area (Å²) in [5, 5.41) is 23.4. The number of nitrogens with zero attached hydrogens (tertiary/aromatic N) is 2. The molecule has 0 aromatic heterocycles. The molecule has 0 bridgehead atoms. The molecule has 96 valence electrons. The van der Waals surface area contributed by atoms with Crippen molar-refractivity contribution in [3.05, 3.63) is 33.9 Å². The van der Waals surface area contributed by atoms with Crippen molar-refractivity contribution in [2.24, 2.45) is 5.16 Å². The molecule has 0 heterocycles. The molecule has 1 aromatic rings. The molecule has 0 aliphatic heterocycles. The first-order valence-electron chi connectivity index (χ1n) is 4.68. The number of phenols is 1. The maximum absolute atomic E-state index is 11.4. The van der Waals surface area contributed by atoms with Gasteiger partial charge in [-0.3, -0.25) is 10.1 Å². The number of hydrogen-bond acceptors (Lipinski definition) is 7. The molecule has 0 spiro atoms. The minimum Gasteiger partial charge on any atom is -0.502 e. The Labute approximate surface area is 102 Å². The molecule has 1 N–H and O–H groups in total. The Bertz CT molecular complexity index is 511. The summed E-state index contributed by atoms with van der Waals surface area (Å²) in [4.78, 5) is 25.7.